The van der Waals surface area contributed by atoms with Crippen molar-refractivity contribution in [3.8, 4) is 0 Å². The highest BCUT2D eigenvalue weighted by Crippen LogP contribution is 2.30. The van der Waals surface area contributed by atoms with Crippen LogP contribution in [0.4, 0.5) is 10.1 Å². The highest BCUT2D eigenvalue weighted by Gasteiger charge is 2.35. The summed E-state index contributed by atoms with van der Waals surface area (Å²) in [6.07, 6.45) is 0.618. The minimum Gasteiger partial charge on any atom is -0.390 e. The lowest BCUT2D eigenvalue weighted by atomic mass is 9.95. The molecule has 1 aliphatic heterocycles. The fourth-order valence-electron chi connectivity index (χ4n) is 2.97. The number of benzene rings is 2. The third-order valence-electron chi connectivity index (χ3n) is 4.79. The van der Waals surface area contributed by atoms with E-state index in [4.69, 9.17) is 11.6 Å². The van der Waals surface area contributed by atoms with Gasteiger partial charge in [0.05, 0.1) is 15.1 Å². The summed E-state index contributed by atoms with van der Waals surface area (Å²) >= 11 is 9.17. The van der Waals surface area contributed by atoms with Crippen LogP contribution in [0.5, 0.6) is 0 Å². The summed E-state index contributed by atoms with van der Waals surface area (Å²) < 4.78 is 40.8. The maximum atomic E-state index is 13.4. The first-order valence-corrected chi connectivity index (χ1v) is 11.4. The second kappa shape index (κ2) is 8.31. The lowest BCUT2D eigenvalue weighted by Gasteiger charge is -2.35. The van der Waals surface area contributed by atoms with Crippen molar-refractivity contribution in [2.45, 2.75) is 30.3 Å². The van der Waals surface area contributed by atoms with E-state index < -0.39 is 27.3 Å². The second-order valence-electron chi connectivity index (χ2n) is 7.13. The summed E-state index contributed by atoms with van der Waals surface area (Å²) in [6.45, 7) is 1.99. The average Bonchev–Trinajstić information content (AvgIpc) is 2.64. The molecule has 1 aliphatic rings. The molecule has 2 aromatic carbocycles. The topological polar surface area (TPSA) is 86.7 Å². The van der Waals surface area contributed by atoms with Crippen LogP contribution in [0.2, 0.25) is 5.02 Å². The lowest BCUT2D eigenvalue weighted by molar-refractivity contribution is 0.0126. The smallest absolute Gasteiger partial charge is 0.255 e. The fourth-order valence-corrected chi connectivity index (χ4v) is 5.29. The predicted octanol–water partition coefficient (Wildman–Crippen LogP) is 4.03. The zero-order valence-electron chi connectivity index (χ0n) is 15.5. The minimum absolute atomic E-state index is 0.00316. The maximum absolute atomic E-state index is 13.4. The molecule has 0 aliphatic carbocycles. The molecule has 0 bridgehead atoms. The first-order valence-electron chi connectivity index (χ1n) is 8.78. The number of carbonyl (C=O) groups excluding carboxylic acids is 1. The van der Waals surface area contributed by atoms with Gasteiger partial charge in [-0.2, -0.15) is 4.31 Å². The molecule has 29 heavy (non-hydrogen) atoms. The molecule has 1 fully saturated rings. The van der Waals surface area contributed by atoms with Crippen LogP contribution < -0.4 is 5.32 Å². The molecular weight excluding hydrogens is 487 g/mol. The molecule has 1 saturated heterocycles. The maximum Gasteiger partial charge on any atom is 0.255 e. The highest BCUT2D eigenvalue weighted by molar-refractivity contribution is 9.10. The number of nitrogens with zero attached hydrogens (tertiary/aromatic N) is 1. The van der Waals surface area contributed by atoms with E-state index in [2.05, 4.69) is 21.2 Å². The van der Waals surface area contributed by atoms with E-state index in [1.165, 1.54) is 40.7 Å². The number of sulfonamides is 1. The van der Waals surface area contributed by atoms with Crippen LogP contribution in [0.15, 0.2) is 45.8 Å². The van der Waals surface area contributed by atoms with Crippen LogP contribution in [0, 0.1) is 5.82 Å². The normalized spacial score (nSPS) is 17.1. The van der Waals surface area contributed by atoms with Gasteiger partial charge in [-0.15, -0.1) is 0 Å². The molecule has 2 N–H and O–H groups in total. The van der Waals surface area contributed by atoms with Crippen molar-refractivity contribution in [1.29, 1.82) is 0 Å². The van der Waals surface area contributed by atoms with Crippen molar-refractivity contribution < 1.29 is 22.7 Å². The largest absolute Gasteiger partial charge is 0.390 e. The van der Waals surface area contributed by atoms with Crippen molar-refractivity contribution in [2.75, 3.05) is 18.4 Å². The molecular formula is C19H19BrClFN2O4S. The summed E-state index contributed by atoms with van der Waals surface area (Å²) in [5.41, 5.74) is -0.459. The first kappa shape index (κ1) is 22.2. The van der Waals surface area contributed by atoms with Crippen LogP contribution in [-0.4, -0.2) is 42.4 Å². The van der Waals surface area contributed by atoms with E-state index in [9.17, 15) is 22.7 Å². The molecule has 3 rings (SSSR count). The Hall–Kier alpha value is -1.52. The Kier molecular flexibility index (Phi) is 6.35. The van der Waals surface area contributed by atoms with Gasteiger partial charge in [-0.25, -0.2) is 12.8 Å². The number of anilines is 1. The van der Waals surface area contributed by atoms with Gasteiger partial charge in [0, 0.05) is 24.3 Å². The molecule has 0 unspecified atom stereocenters. The van der Waals surface area contributed by atoms with Crippen molar-refractivity contribution in [3.63, 3.8) is 0 Å². The van der Waals surface area contributed by atoms with Gasteiger partial charge < -0.3 is 10.4 Å². The van der Waals surface area contributed by atoms with Gasteiger partial charge in [0.1, 0.15) is 10.7 Å². The van der Waals surface area contributed by atoms with Gasteiger partial charge in [-0.3, -0.25) is 4.79 Å². The summed E-state index contributed by atoms with van der Waals surface area (Å²) in [6, 6.07) is 7.98. The zero-order valence-corrected chi connectivity index (χ0v) is 18.6. The third-order valence-corrected chi connectivity index (χ3v) is 7.78. The predicted molar refractivity (Wildman–Crippen MR) is 112 cm³/mol. The average molecular weight is 506 g/mol. The van der Waals surface area contributed by atoms with Crippen LogP contribution in [0.3, 0.4) is 0 Å². The zero-order chi connectivity index (χ0) is 21.4. The molecule has 0 saturated carbocycles. The number of hydrogen-bond donors (Lipinski definition) is 2. The summed E-state index contributed by atoms with van der Waals surface area (Å²) in [5, 5.41) is 12.6. The molecule has 0 aromatic heterocycles. The fraction of sp³-hybridized carbons (Fsp3) is 0.316. The van der Waals surface area contributed by atoms with Crippen LogP contribution in [-0.2, 0) is 10.0 Å². The van der Waals surface area contributed by atoms with E-state index in [-0.39, 0.29) is 33.0 Å². The Morgan fingerprint density at radius 1 is 1.24 bits per heavy atom. The number of piperidine rings is 1. The van der Waals surface area contributed by atoms with Crippen LogP contribution in [0.1, 0.15) is 30.1 Å². The van der Waals surface area contributed by atoms with Gasteiger partial charge >= 0.3 is 0 Å². The molecule has 0 spiro atoms. The quantitative estimate of drug-likeness (QED) is 0.657. The molecule has 2 aromatic rings. The van der Waals surface area contributed by atoms with Gasteiger partial charge in [-0.1, -0.05) is 11.6 Å². The third kappa shape index (κ3) is 4.97. The second-order valence-corrected chi connectivity index (χ2v) is 10.3. The molecule has 6 nitrogen and oxygen atoms in total. The number of aliphatic hydroxyl groups is 1. The van der Waals surface area contributed by atoms with Gasteiger partial charge in [-0.05, 0) is 72.1 Å². The lowest BCUT2D eigenvalue weighted by Crippen LogP contribution is -2.45. The van der Waals surface area contributed by atoms with Crippen molar-refractivity contribution >= 4 is 49.1 Å². The number of hydrogen-bond acceptors (Lipinski definition) is 4. The number of halogens is 3. The molecule has 156 valence electrons. The standard InChI is InChI=1S/C19H19BrClFN2O4S/c1-19(26)6-8-24(9-7-19)29(27,28)17-10-12(2-4-15(17)21)18(25)23-13-3-5-16(22)14(20)11-13/h2-5,10-11,26H,6-9H2,1H3,(H,23,25). The number of carbonyl (C=O) groups is 1. The van der Waals surface area contributed by atoms with E-state index in [0.717, 1.165) is 0 Å². The van der Waals surface area contributed by atoms with Crippen molar-refractivity contribution in [2.24, 2.45) is 0 Å². The first-order chi connectivity index (χ1) is 13.5. The molecule has 1 amide bonds. The molecule has 0 atom stereocenters. The minimum atomic E-state index is -3.93. The highest BCUT2D eigenvalue weighted by atomic mass is 79.9. The van der Waals surface area contributed by atoms with Gasteiger partial charge in [0.15, 0.2) is 0 Å². The summed E-state index contributed by atoms with van der Waals surface area (Å²) in [4.78, 5) is 12.4. The van der Waals surface area contributed by atoms with E-state index >= 15 is 0 Å². The van der Waals surface area contributed by atoms with Crippen molar-refractivity contribution in [1.82, 2.24) is 4.31 Å². The Morgan fingerprint density at radius 2 is 1.90 bits per heavy atom. The number of rotatable bonds is 4. The Balaban J connectivity index is 1.85. The Labute approximate surface area is 181 Å². The van der Waals surface area contributed by atoms with Gasteiger partial charge in [0.25, 0.3) is 5.91 Å². The van der Waals surface area contributed by atoms with Crippen LogP contribution in [0.25, 0.3) is 0 Å². The van der Waals surface area contributed by atoms with Crippen LogP contribution >= 0.6 is 27.5 Å². The van der Waals surface area contributed by atoms with Gasteiger partial charge in [0.2, 0.25) is 10.0 Å². The molecule has 10 heteroatoms. The van der Waals surface area contributed by atoms with E-state index in [1.807, 2.05) is 0 Å². The number of amides is 1. The SMILES string of the molecule is CC1(O)CCN(S(=O)(=O)c2cc(C(=O)Nc3ccc(F)c(Br)c3)ccc2Cl)CC1. The summed E-state index contributed by atoms with van der Waals surface area (Å²) in [7, 11) is -3.93. The monoisotopic (exact) mass is 504 g/mol. The molecule has 0 radical (unpaired) electrons. The summed E-state index contributed by atoms with van der Waals surface area (Å²) in [5.74, 6) is -1.03. The number of nitrogens with one attached hydrogen (secondary N) is 1. The Bertz CT molecular complexity index is 1050. The Morgan fingerprint density at radius 3 is 2.52 bits per heavy atom. The molecule has 1 heterocycles. The van der Waals surface area contributed by atoms with E-state index in [0.29, 0.717) is 18.5 Å². The van der Waals surface area contributed by atoms with E-state index in [1.54, 1.807) is 6.92 Å². The van der Waals surface area contributed by atoms with Crippen molar-refractivity contribution in [3.05, 3.63) is 57.3 Å².